The Kier molecular flexibility index (Phi) is 7.14. The fourth-order valence-electron chi connectivity index (χ4n) is 3.02. The predicted octanol–water partition coefficient (Wildman–Crippen LogP) is 0.526. The summed E-state index contributed by atoms with van der Waals surface area (Å²) in [6.45, 7) is 7.08. The van der Waals surface area contributed by atoms with Gasteiger partial charge in [0.15, 0.2) is 11.5 Å². The summed E-state index contributed by atoms with van der Waals surface area (Å²) in [6.07, 6.45) is 2.12. The maximum Gasteiger partial charge on any atom is 0.317 e. The maximum atomic E-state index is 12.3. The number of carbonyl (C=O) groups excluding carboxylic acids is 2. The summed E-state index contributed by atoms with van der Waals surface area (Å²) in [5.41, 5.74) is 5.26. The maximum absolute atomic E-state index is 12.3. The first-order valence-corrected chi connectivity index (χ1v) is 9.28. The first-order chi connectivity index (χ1) is 12.8. The molecule has 1 unspecified atom stereocenters. The minimum absolute atomic E-state index is 0.00222. The normalized spacial score (nSPS) is 15.9. The highest BCUT2D eigenvalue weighted by Crippen LogP contribution is 2.16. The lowest BCUT2D eigenvalue weighted by Gasteiger charge is -2.31. The molecule has 0 radical (unpaired) electrons. The number of hydrogen-bond donors (Lipinski definition) is 3. The minimum atomic E-state index is -0.684. The van der Waals surface area contributed by atoms with E-state index in [2.05, 4.69) is 32.7 Å². The Morgan fingerprint density at radius 1 is 1.33 bits per heavy atom. The van der Waals surface area contributed by atoms with Gasteiger partial charge in [-0.2, -0.15) is 4.98 Å². The molecule has 2 rings (SSSR count). The molecule has 0 aliphatic carbocycles. The molecule has 150 valence electrons. The van der Waals surface area contributed by atoms with Gasteiger partial charge in [-0.3, -0.25) is 4.79 Å². The second-order valence-electron chi connectivity index (χ2n) is 7.26. The van der Waals surface area contributed by atoms with Crippen molar-refractivity contribution in [2.24, 2.45) is 17.6 Å². The summed E-state index contributed by atoms with van der Waals surface area (Å²) in [5.74, 6) is 0.864. The molecule has 10 heteroatoms. The van der Waals surface area contributed by atoms with Crippen LogP contribution in [0.25, 0.3) is 0 Å². The highest BCUT2D eigenvalue weighted by Gasteiger charge is 2.21. The van der Waals surface area contributed by atoms with Crippen molar-refractivity contribution in [1.29, 1.82) is 0 Å². The Hall–Kier alpha value is -2.65. The average Bonchev–Trinajstić information content (AvgIpc) is 2.65. The topological polar surface area (TPSA) is 129 Å². The van der Waals surface area contributed by atoms with Crippen LogP contribution in [0.3, 0.4) is 0 Å². The van der Waals surface area contributed by atoms with Crippen LogP contribution in [0.4, 0.5) is 16.6 Å². The van der Waals surface area contributed by atoms with Gasteiger partial charge in [-0.25, -0.2) is 4.79 Å². The van der Waals surface area contributed by atoms with E-state index in [9.17, 15) is 9.59 Å². The van der Waals surface area contributed by atoms with Crippen LogP contribution in [0.5, 0.6) is 0 Å². The molecule has 1 saturated heterocycles. The number of anilines is 2. The van der Waals surface area contributed by atoms with Crippen molar-refractivity contribution in [2.45, 2.75) is 26.7 Å². The molecule has 0 bridgehead atoms. The monoisotopic (exact) mass is 378 g/mol. The summed E-state index contributed by atoms with van der Waals surface area (Å²) in [4.78, 5) is 31.6. The fourth-order valence-corrected chi connectivity index (χ4v) is 3.02. The van der Waals surface area contributed by atoms with Gasteiger partial charge in [0.1, 0.15) is 0 Å². The second-order valence-corrected chi connectivity index (χ2v) is 7.26. The SMILES string of the molecule is CNc1nc(N(C)CC(C)CNC(=O)N2CCC(C)CC2)nnc1C(N)=O. The first kappa shape index (κ1) is 20.7. The Morgan fingerprint density at radius 2 is 2.00 bits per heavy atom. The average molecular weight is 378 g/mol. The van der Waals surface area contributed by atoms with E-state index in [0.29, 0.717) is 30.8 Å². The molecule has 10 nitrogen and oxygen atoms in total. The Morgan fingerprint density at radius 3 is 2.59 bits per heavy atom. The highest BCUT2D eigenvalue weighted by atomic mass is 16.2. The number of primary amides is 1. The van der Waals surface area contributed by atoms with Crippen molar-refractivity contribution in [3.8, 4) is 0 Å². The van der Waals surface area contributed by atoms with Crippen molar-refractivity contribution >= 4 is 23.7 Å². The zero-order chi connectivity index (χ0) is 20.0. The molecule has 1 fully saturated rings. The highest BCUT2D eigenvalue weighted by molar-refractivity contribution is 5.95. The molecule has 1 aromatic heterocycles. The number of amides is 3. The molecule has 3 amide bonds. The summed E-state index contributed by atoms with van der Waals surface area (Å²) in [7, 11) is 3.48. The summed E-state index contributed by atoms with van der Waals surface area (Å²) in [6, 6.07) is -0.00222. The number of piperidine rings is 1. The van der Waals surface area contributed by atoms with Crippen molar-refractivity contribution in [3.05, 3.63) is 5.69 Å². The number of urea groups is 1. The van der Waals surface area contributed by atoms with Crippen molar-refractivity contribution in [1.82, 2.24) is 25.4 Å². The van der Waals surface area contributed by atoms with Gasteiger partial charge < -0.3 is 26.2 Å². The van der Waals surface area contributed by atoms with Crippen molar-refractivity contribution in [2.75, 3.05) is 50.5 Å². The molecule has 0 aromatic carbocycles. The van der Waals surface area contributed by atoms with Crippen molar-refractivity contribution in [3.63, 3.8) is 0 Å². The molecule has 1 aliphatic rings. The quantitative estimate of drug-likeness (QED) is 0.631. The number of likely N-dealkylation sites (tertiary alicyclic amines) is 1. The third-order valence-corrected chi connectivity index (χ3v) is 4.75. The summed E-state index contributed by atoms with van der Waals surface area (Å²) >= 11 is 0. The number of nitrogens with one attached hydrogen (secondary N) is 2. The number of carbonyl (C=O) groups is 2. The van der Waals surface area contributed by atoms with E-state index >= 15 is 0 Å². The lowest BCUT2D eigenvalue weighted by molar-refractivity contribution is 0.0995. The number of rotatable bonds is 7. The van der Waals surface area contributed by atoms with Crippen LogP contribution in [0, 0.1) is 11.8 Å². The molecular weight excluding hydrogens is 348 g/mol. The Bertz CT molecular complexity index is 660. The molecule has 0 saturated carbocycles. The third-order valence-electron chi connectivity index (χ3n) is 4.75. The summed E-state index contributed by atoms with van der Waals surface area (Å²) in [5, 5.41) is 13.6. The van der Waals surface area contributed by atoms with Gasteiger partial charge >= 0.3 is 6.03 Å². The van der Waals surface area contributed by atoms with Crippen LogP contribution in [0.1, 0.15) is 37.2 Å². The van der Waals surface area contributed by atoms with Gasteiger partial charge in [0.2, 0.25) is 5.95 Å². The standard InChI is InChI=1S/C17H30N8O2/c1-11-5-7-25(8-6-11)17(27)20-9-12(2)10-24(4)16-21-15(19-3)13(14(18)26)22-23-16/h11-12H,5-10H2,1-4H3,(H2,18,26)(H,20,27)(H,19,21,23). The van der Waals surface area contributed by atoms with E-state index in [1.807, 2.05) is 23.8 Å². The summed E-state index contributed by atoms with van der Waals surface area (Å²) < 4.78 is 0. The lowest BCUT2D eigenvalue weighted by atomic mass is 10.00. The number of nitrogens with two attached hydrogens (primary N) is 1. The molecule has 27 heavy (non-hydrogen) atoms. The molecule has 1 atom stereocenters. The number of hydrogen-bond acceptors (Lipinski definition) is 7. The largest absolute Gasteiger partial charge is 0.371 e. The van der Waals surface area contributed by atoms with Crippen LogP contribution in [-0.4, -0.2) is 72.3 Å². The lowest BCUT2D eigenvalue weighted by Crippen LogP contribution is -2.46. The van der Waals surface area contributed by atoms with Gasteiger partial charge in [-0.1, -0.05) is 13.8 Å². The first-order valence-electron chi connectivity index (χ1n) is 9.28. The molecule has 1 aromatic rings. The zero-order valence-electron chi connectivity index (χ0n) is 16.5. The third kappa shape index (κ3) is 5.66. The van der Waals surface area contributed by atoms with Crippen molar-refractivity contribution < 1.29 is 9.59 Å². The molecule has 2 heterocycles. The van der Waals surface area contributed by atoms with Crippen LogP contribution in [-0.2, 0) is 0 Å². The van der Waals surface area contributed by atoms with Crippen LogP contribution in [0.2, 0.25) is 0 Å². The Balaban J connectivity index is 1.85. The van der Waals surface area contributed by atoms with Gasteiger partial charge in [0.25, 0.3) is 5.91 Å². The van der Waals surface area contributed by atoms with E-state index in [0.717, 1.165) is 25.9 Å². The van der Waals surface area contributed by atoms with Crippen LogP contribution in [0.15, 0.2) is 0 Å². The minimum Gasteiger partial charge on any atom is -0.371 e. The Labute approximate surface area is 159 Å². The number of nitrogens with zero attached hydrogens (tertiary/aromatic N) is 5. The smallest absolute Gasteiger partial charge is 0.317 e. The number of aromatic nitrogens is 3. The second kappa shape index (κ2) is 9.33. The van der Waals surface area contributed by atoms with E-state index in [1.54, 1.807) is 7.05 Å². The van der Waals surface area contributed by atoms with Gasteiger partial charge in [0.05, 0.1) is 0 Å². The molecule has 1 aliphatic heterocycles. The van der Waals surface area contributed by atoms with Gasteiger partial charge in [-0.15, -0.1) is 10.2 Å². The van der Waals surface area contributed by atoms with E-state index in [4.69, 9.17) is 5.73 Å². The molecule has 0 spiro atoms. The predicted molar refractivity (Wildman–Crippen MR) is 104 cm³/mol. The van der Waals surface area contributed by atoms with Gasteiger partial charge in [-0.05, 0) is 24.7 Å². The zero-order valence-corrected chi connectivity index (χ0v) is 16.5. The molecular formula is C17H30N8O2. The van der Waals surface area contributed by atoms with Crippen LogP contribution < -0.4 is 21.3 Å². The van der Waals surface area contributed by atoms with E-state index in [-0.39, 0.29) is 17.6 Å². The molecule has 4 N–H and O–H groups in total. The van der Waals surface area contributed by atoms with Crippen LogP contribution >= 0.6 is 0 Å². The van der Waals surface area contributed by atoms with E-state index in [1.165, 1.54) is 0 Å². The van der Waals surface area contributed by atoms with E-state index < -0.39 is 5.91 Å². The fraction of sp³-hybridized carbons (Fsp3) is 0.706. The van der Waals surface area contributed by atoms with Gasteiger partial charge in [0, 0.05) is 40.3 Å².